The third-order valence-corrected chi connectivity index (χ3v) is 4.16. The molecule has 0 bridgehead atoms. The van der Waals surface area contributed by atoms with Crippen LogP contribution in [0.15, 0.2) is 0 Å². The van der Waals surface area contributed by atoms with Gasteiger partial charge in [-0.05, 0) is 37.0 Å². The molecule has 1 aliphatic rings. The molecule has 2 atom stereocenters. The Hall–Kier alpha value is -0.0800. The first-order valence-electron chi connectivity index (χ1n) is 6.19. The number of methoxy groups -OCH3 is 1. The van der Waals surface area contributed by atoms with Crippen LogP contribution in [0.2, 0.25) is 0 Å². The van der Waals surface area contributed by atoms with Gasteiger partial charge in [0, 0.05) is 13.7 Å². The Labute approximate surface area is 94.6 Å². The lowest BCUT2D eigenvalue weighted by molar-refractivity contribution is -0.0166. The normalized spacial score (nSPS) is 33.8. The topological polar surface area (TPSA) is 35.2 Å². The van der Waals surface area contributed by atoms with E-state index >= 15 is 0 Å². The molecule has 2 heteroatoms. The Kier molecular flexibility index (Phi) is 4.19. The van der Waals surface area contributed by atoms with E-state index in [0.717, 1.165) is 18.8 Å². The highest BCUT2D eigenvalue weighted by Gasteiger charge is 2.35. The Morgan fingerprint density at radius 1 is 1.27 bits per heavy atom. The maximum atomic E-state index is 5.85. The summed E-state index contributed by atoms with van der Waals surface area (Å²) in [6.45, 7) is 7.71. The van der Waals surface area contributed by atoms with Gasteiger partial charge in [0.1, 0.15) is 0 Å². The predicted molar refractivity (Wildman–Crippen MR) is 64.8 cm³/mol. The predicted octanol–water partition coefficient (Wildman–Crippen LogP) is 2.96. The molecule has 1 rings (SSSR count). The molecular weight excluding hydrogens is 186 g/mol. The summed E-state index contributed by atoms with van der Waals surface area (Å²) in [5.41, 5.74) is 6.25. The average molecular weight is 213 g/mol. The molecular formula is C13H27NO. The van der Waals surface area contributed by atoms with Gasteiger partial charge < -0.3 is 10.5 Å². The Bertz CT molecular complexity index is 191. The van der Waals surface area contributed by atoms with Crippen LogP contribution in [-0.2, 0) is 4.74 Å². The van der Waals surface area contributed by atoms with Crippen LogP contribution in [0.25, 0.3) is 0 Å². The molecule has 0 aromatic carbocycles. The quantitative estimate of drug-likeness (QED) is 0.716. The van der Waals surface area contributed by atoms with Crippen LogP contribution in [0, 0.1) is 11.3 Å². The lowest BCUT2D eigenvalue weighted by atomic mass is 9.76. The molecule has 0 aliphatic heterocycles. The molecule has 2 N–H and O–H groups in total. The van der Waals surface area contributed by atoms with Crippen LogP contribution in [0.5, 0.6) is 0 Å². The highest BCUT2D eigenvalue weighted by Crippen LogP contribution is 2.40. The summed E-state index contributed by atoms with van der Waals surface area (Å²) < 4.78 is 5.64. The van der Waals surface area contributed by atoms with E-state index in [1.54, 1.807) is 0 Å². The smallest absolute Gasteiger partial charge is 0.0800 e. The maximum Gasteiger partial charge on any atom is 0.0800 e. The molecule has 2 unspecified atom stereocenters. The molecule has 0 aromatic rings. The molecule has 0 amide bonds. The van der Waals surface area contributed by atoms with Gasteiger partial charge in [-0.3, -0.25) is 0 Å². The molecule has 15 heavy (non-hydrogen) atoms. The zero-order valence-electron chi connectivity index (χ0n) is 10.8. The lowest BCUT2D eigenvalue weighted by Gasteiger charge is -2.32. The summed E-state index contributed by atoms with van der Waals surface area (Å²) in [5, 5.41) is 0. The number of rotatable bonds is 2. The molecule has 0 aromatic heterocycles. The van der Waals surface area contributed by atoms with Gasteiger partial charge in [0.25, 0.3) is 0 Å². The molecule has 2 nitrogen and oxygen atoms in total. The van der Waals surface area contributed by atoms with Crippen molar-refractivity contribution in [2.75, 3.05) is 13.7 Å². The summed E-state index contributed by atoms with van der Waals surface area (Å²) >= 11 is 0. The summed E-state index contributed by atoms with van der Waals surface area (Å²) in [4.78, 5) is 0. The third kappa shape index (κ3) is 3.18. The summed E-state index contributed by atoms with van der Waals surface area (Å²) in [5.74, 6) is 0.820. The molecule has 0 saturated heterocycles. The van der Waals surface area contributed by atoms with Gasteiger partial charge in [0.2, 0.25) is 0 Å². The fourth-order valence-electron chi connectivity index (χ4n) is 2.73. The first-order valence-corrected chi connectivity index (χ1v) is 6.19. The van der Waals surface area contributed by atoms with Gasteiger partial charge >= 0.3 is 0 Å². The standard InChI is InChI=1S/C13H27NO/c1-12(2,3)11-6-5-8-13(10-14,15-4)9-7-11/h11H,5-10,14H2,1-4H3. The Balaban J connectivity index is 2.63. The van der Waals surface area contributed by atoms with Gasteiger partial charge in [-0.1, -0.05) is 27.2 Å². The van der Waals surface area contributed by atoms with Crippen molar-refractivity contribution >= 4 is 0 Å². The SMILES string of the molecule is COC1(CN)CCCC(C(C)(C)C)CC1. The van der Waals surface area contributed by atoms with Crippen molar-refractivity contribution in [1.29, 1.82) is 0 Å². The van der Waals surface area contributed by atoms with Crippen molar-refractivity contribution in [3.05, 3.63) is 0 Å². The van der Waals surface area contributed by atoms with E-state index in [1.807, 2.05) is 7.11 Å². The van der Waals surface area contributed by atoms with E-state index in [2.05, 4.69) is 20.8 Å². The zero-order valence-corrected chi connectivity index (χ0v) is 10.8. The van der Waals surface area contributed by atoms with Gasteiger partial charge in [-0.15, -0.1) is 0 Å². The molecule has 0 spiro atoms. The number of hydrogen-bond donors (Lipinski definition) is 1. The van der Waals surface area contributed by atoms with E-state index in [4.69, 9.17) is 10.5 Å². The van der Waals surface area contributed by atoms with Crippen LogP contribution in [0.4, 0.5) is 0 Å². The van der Waals surface area contributed by atoms with Crippen molar-refractivity contribution in [3.8, 4) is 0 Å². The summed E-state index contributed by atoms with van der Waals surface area (Å²) in [6.07, 6.45) is 6.10. The highest BCUT2D eigenvalue weighted by molar-refractivity contribution is 4.88. The van der Waals surface area contributed by atoms with Crippen LogP contribution in [0.3, 0.4) is 0 Å². The van der Waals surface area contributed by atoms with Crippen LogP contribution >= 0.6 is 0 Å². The second-order valence-electron chi connectivity index (χ2n) is 6.09. The largest absolute Gasteiger partial charge is 0.377 e. The number of hydrogen-bond acceptors (Lipinski definition) is 2. The molecule has 1 fully saturated rings. The third-order valence-electron chi connectivity index (χ3n) is 4.16. The van der Waals surface area contributed by atoms with E-state index in [0.29, 0.717) is 12.0 Å². The molecule has 0 heterocycles. The van der Waals surface area contributed by atoms with E-state index < -0.39 is 0 Å². The molecule has 90 valence electrons. The van der Waals surface area contributed by atoms with Crippen LogP contribution in [0.1, 0.15) is 52.9 Å². The number of ether oxygens (including phenoxy) is 1. The fraction of sp³-hybridized carbons (Fsp3) is 1.00. The highest BCUT2D eigenvalue weighted by atomic mass is 16.5. The monoisotopic (exact) mass is 213 g/mol. The molecule has 0 radical (unpaired) electrons. The first-order chi connectivity index (χ1) is 6.93. The van der Waals surface area contributed by atoms with Crippen molar-refractivity contribution in [2.45, 2.75) is 58.5 Å². The Morgan fingerprint density at radius 3 is 2.40 bits per heavy atom. The van der Waals surface area contributed by atoms with Gasteiger partial charge in [-0.2, -0.15) is 0 Å². The van der Waals surface area contributed by atoms with E-state index in [9.17, 15) is 0 Å². The lowest BCUT2D eigenvalue weighted by Crippen LogP contribution is -2.39. The molecule has 1 saturated carbocycles. The minimum Gasteiger partial charge on any atom is -0.377 e. The van der Waals surface area contributed by atoms with Crippen LogP contribution in [-0.4, -0.2) is 19.3 Å². The van der Waals surface area contributed by atoms with Gasteiger partial charge in [0.05, 0.1) is 5.60 Å². The second kappa shape index (κ2) is 4.84. The maximum absolute atomic E-state index is 5.85. The minimum absolute atomic E-state index is 0.0278. The first kappa shape index (κ1) is 13.0. The summed E-state index contributed by atoms with van der Waals surface area (Å²) in [7, 11) is 1.81. The molecule has 1 aliphatic carbocycles. The number of nitrogens with two attached hydrogens (primary N) is 1. The van der Waals surface area contributed by atoms with Crippen LogP contribution < -0.4 is 5.73 Å². The Morgan fingerprint density at radius 2 is 1.93 bits per heavy atom. The zero-order chi connectivity index (χ0) is 11.5. The summed E-state index contributed by atoms with van der Waals surface area (Å²) in [6, 6.07) is 0. The van der Waals surface area contributed by atoms with Crippen molar-refractivity contribution in [1.82, 2.24) is 0 Å². The second-order valence-corrected chi connectivity index (χ2v) is 6.09. The van der Waals surface area contributed by atoms with E-state index in [1.165, 1.54) is 19.3 Å². The van der Waals surface area contributed by atoms with Gasteiger partial charge in [0.15, 0.2) is 0 Å². The van der Waals surface area contributed by atoms with Crippen molar-refractivity contribution in [2.24, 2.45) is 17.1 Å². The minimum atomic E-state index is -0.0278. The average Bonchev–Trinajstić information content (AvgIpc) is 2.39. The van der Waals surface area contributed by atoms with Gasteiger partial charge in [-0.25, -0.2) is 0 Å². The van der Waals surface area contributed by atoms with Crippen molar-refractivity contribution in [3.63, 3.8) is 0 Å². The van der Waals surface area contributed by atoms with Crippen molar-refractivity contribution < 1.29 is 4.74 Å². The van der Waals surface area contributed by atoms with E-state index in [-0.39, 0.29) is 5.60 Å². The fourth-order valence-corrected chi connectivity index (χ4v) is 2.73.